The molecule has 4 rings (SSSR count). The maximum absolute atomic E-state index is 14.0. The molecule has 0 saturated carbocycles. The summed E-state index contributed by atoms with van der Waals surface area (Å²) in [6, 6.07) is 11.3. The average molecular weight is 363 g/mol. The fourth-order valence-corrected chi connectivity index (χ4v) is 3.98. The Morgan fingerprint density at radius 3 is 2.72 bits per heavy atom. The Morgan fingerprint density at radius 1 is 1.12 bits per heavy atom. The van der Waals surface area contributed by atoms with Crippen molar-refractivity contribution in [2.75, 3.05) is 5.75 Å². The smallest absolute Gasteiger partial charge is 0.234 e. The van der Waals surface area contributed by atoms with Crippen molar-refractivity contribution >= 4 is 28.6 Å². The number of carbonyl (C=O) groups is 1. The van der Waals surface area contributed by atoms with Crippen molar-refractivity contribution in [3.8, 4) is 0 Å². The average Bonchev–Trinajstić information content (AvgIpc) is 3.19. The molecule has 0 N–H and O–H groups in total. The van der Waals surface area contributed by atoms with Crippen LogP contribution in [0.25, 0.3) is 11.0 Å². The zero-order valence-electron chi connectivity index (χ0n) is 12.8. The van der Waals surface area contributed by atoms with E-state index in [0.717, 1.165) is 17.5 Å². The summed E-state index contributed by atoms with van der Waals surface area (Å²) in [5.41, 5.74) is 0.618. The third-order valence-electron chi connectivity index (χ3n) is 4.11. The van der Waals surface area contributed by atoms with E-state index in [1.807, 2.05) is 30.3 Å². The second-order valence-corrected chi connectivity index (χ2v) is 6.77. The number of thioether (sulfide) groups is 1. The van der Waals surface area contributed by atoms with Crippen molar-refractivity contribution in [1.29, 1.82) is 0 Å². The van der Waals surface area contributed by atoms with Crippen LogP contribution < -0.4 is 0 Å². The van der Waals surface area contributed by atoms with Crippen molar-refractivity contribution in [2.24, 2.45) is 0 Å². The lowest BCUT2D eigenvalue weighted by molar-refractivity contribution is -0.128. The van der Waals surface area contributed by atoms with E-state index in [0.29, 0.717) is 11.3 Å². The van der Waals surface area contributed by atoms with Crippen LogP contribution in [0.1, 0.15) is 16.7 Å². The summed E-state index contributed by atoms with van der Waals surface area (Å²) in [5, 5.41) is 0.462. The van der Waals surface area contributed by atoms with Crippen LogP contribution in [0.15, 0.2) is 46.9 Å². The number of hydrogen-bond donors (Lipinski definition) is 0. The molecule has 3 aromatic rings. The second-order valence-electron chi connectivity index (χ2n) is 5.71. The molecule has 1 fully saturated rings. The molecule has 128 valence electrons. The number of halogens is 3. The predicted molar refractivity (Wildman–Crippen MR) is 88.3 cm³/mol. The third kappa shape index (κ3) is 2.78. The summed E-state index contributed by atoms with van der Waals surface area (Å²) in [5.74, 6) is -3.48. The summed E-state index contributed by atoms with van der Waals surface area (Å²) in [6.07, 6.45) is 0. The molecule has 3 nitrogen and oxygen atoms in total. The molecule has 1 amide bonds. The zero-order valence-corrected chi connectivity index (χ0v) is 13.7. The molecule has 1 unspecified atom stereocenters. The number of rotatable bonds is 3. The molecule has 0 radical (unpaired) electrons. The Kier molecular flexibility index (Phi) is 3.95. The van der Waals surface area contributed by atoms with Crippen LogP contribution in [0.5, 0.6) is 0 Å². The number of furan rings is 1. The first-order chi connectivity index (χ1) is 12.0. The van der Waals surface area contributed by atoms with E-state index in [1.165, 1.54) is 16.7 Å². The van der Waals surface area contributed by atoms with Crippen LogP contribution in [0.2, 0.25) is 0 Å². The number of benzene rings is 2. The number of para-hydroxylation sites is 1. The molecule has 2 aromatic carbocycles. The topological polar surface area (TPSA) is 33.5 Å². The van der Waals surface area contributed by atoms with E-state index in [9.17, 15) is 18.0 Å². The normalized spacial score (nSPS) is 17.6. The molecule has 7 heteroatoms. The van der Waals surface area contributed by atoms with Gasteiger partial charge in [0.05, 0.1) is 12.3 Å². The van der Waals surface area contributed by atoms with Gasteiger partial charge in [-0.1, -0.05) is 24.3 Å². The van der Waals surface area contributed by atoms with Gasteiger partial charge in [-0.15, -0.1) is 11.8 Å². The summed E-state index contributed by atoms with van der Waals surface area (Å²) in [4.78, 5) is 13.6. The SMILES string of the molecule is O=C1CSC(c2cc3ccccc3o2)N1Cc1ccc(F)c(F)c1F. The highest BCUT2D eigenvalue weighted by atomic mass is 32.2. The van der Waals surface area contributed by atoms with Crippen LogP contribution in [0.3, 0.4) is 0 Å². The molecular weight excluding hydrogens is 351 g/mol. The van der Waals surface area contributed by atoms with Crippen LogP contribution >= 0.6 is 11.8 Å². The quantitative estimate of drug-likeness (QED) is 0.637. The highest BCUT2D eigenvalue weighted by Gasteiger charge is 2.35. The van der Waals surface area contributed by atoms with E-state index < -0.39 is 22.8 Å². The molecule has 0 aliphatic carbocycles. The van der Waals surface area contributed by atoms with Crippen LogP contribution in [-0.2, 0) is 11.3 Å². The number of amides is 1. The lowest BCUT2D eigenvalue weighted by atomic mass is 10.1. The Morgan fingerprint density at radius 2 is 1.92 bits per heavy atom. The van der Waals surface area contributed by atoms with Gasteiger partial charge in [0.25, 0.3) is 0 Å². The number of fused-ring (bicyclic) bond motifs is 1. The van der Waals surface area contributed by atoms with Gasteiger partial charge in [-0.05, 0) is 18.2 Å². The molecule has 1 aromatic heterocycles. The molecule has 0 bridgehead atoms. The highest BCUT2D eigenvalue weighted by Crippen LogP contribution is 2.41. The van der Waals surface area contributed by atoms with Gasteiger partial charge < -0.3 is 9.32 Å². The summed E-state index contributed by atoms with van der Waals surface area (Å²) < 4.78 is 46.3. The highest BCUT2D eigenvalue weighted by molar-refractivity contribution is 8.00. The first-order valence-corrected chi connectivity index (χ1v) is 8.61. The van der Waals surface area contributed by atoms with E-state index in [1.54, 1.807) is 0 Å². The van der Waals surface area contributed by atoms with Crippen molar-refractivity contribution in [3.63, 3.8) is 0 Å². The largest absolute Gasteiger partial charge is 0.458 e. The fourth-order valence-electron chi connectivity index (χ4n) is 2.86. The van der Waals surface area contributed by atoms with Gasteiger partial charge in [-0.25, -0.2) is 13.2 Å². The van der Waals surface area contributed by atoms with E-state index in [-0.39, 0.29) is 23.8 Å². The summed E-state index contributed by atoms with van der Waals surface area (Å²) in [6.45, 7) is -0.156. The minimum absolute atomic E-state index is 0.0733. The van der Waals surface area contributed by atoms with Gasteiger partial charge in [0.1, 0.15) is 16.7 Å². The Balaban J connectivity index is 1.67. The maximum atomic E-state index is 14.0. The molecule has 1 atom stereocenters. The van der Waals surface area contributed by atoms with Crippen LogP contribution in [0, 0.1) is 17.5 Å². The van der Waals surface area contributed by atoms with Crippen molar-refractivity contribution in [2.45, 2.75) is 11.9 Å². The first kappa shape index (κ1) is 16.1. The molecule has 1 aliphatic heterocycles. The first-order valence-electron chi connectivity index (χ1n) is 7.56. The van der Waals surface area contributed by atoms with Crippen molar-refractivity contribution < 1.29 is 22.4 Å². The number of carbonyl (C=O) groups excluding carboxylic acids is 1. The van der Waals surface area contributed by atoms with E-state index >= 15 is 0 Å². The Hall–Kier alpha value is -2.41. The minimum atomic E-state index is -1.53. The number of hydrogen-bond acceptors (Lipinski definition) is 3. The van der Waals surface area contributed by atoms with Gasteiger partial charge in [0.2, 0.25) is 5.91 Å². The molecule has 25 heavy (non-hydrogen) atoms. The van der Waals surface area contributed by atoms with Gasteiger partial charge in [-0.2, -0.15) is 0 Å². The zero-order chi connectivity index (χ0) is 17.6. The van der Waals surface area contributed by atoms with Crippen molar-refractivity contribution in [3.05, 3.63) is 71.2 Å². The van der Waals surface area contributed by atoms with Gasteiger partial charge >= 0.3 is 0 Å². The molecule has 2 heterocycles. The lowest BCUT2D eigenvalue weighted by Gasteiger charge is -2.22. The predicted octanol–water partition coefficient (Wildman–Crippen LogP) is 4.62. The van der Waals surface area contributed by atoms with E-state index in [2.05, 4.69) is 0 Å². The molecule has 1 saturated heterocycles. The Labute approximate surface area is 145 Å². The monoisotopic (exact) mass is 363 g/mol. The van der Waals surface area contributed by atoms with Gasteiger partial charge in [-0.3, -0.25) is 4.79 Å². The number of nitrogens with zero attached hydrogens (tertiary/aromatic N) is 1. The van der Waals surface area contributed by atoms with Gasteiger partial charge in [0, 0.05) is 10.9 Å². The standard InChI is InChI=1S/C18H12F3NO2S/c19-12-6-5-11(16(20)17(12)21)8-22-15(23)9-25-18(22)14-7-10-3-1-2-4-13(10)24-14/h1-7,18H,8-9H2. The maximum Gasteiger partial charge on any atom is 0.234 e. The summed E-state index contributed by atoms with van der Waals surface area (Å²) in [7, 11) is 0. The lowest BCUT2D eigenvalue weighted by Crippen LogP contribution is -2.28. The van der Waals surface area contributed by atoms with Crippen molar-refractivity contribution in [1.82, 2.24) is 4.90 Å². The molecule has 0 spiro atoms. The molecule has 1 aliphatic rings. The molecular formula is C18H12F3NO2S. The second kappa shape index (κ2) is 6.15. The Bertz CT molecular complexity index is 939. The van der Waals surface area contributed by atoms with Crippen LogP contribution in [-0.4, -0.2) is 16.6 Å². The van der Waals surface area contributed by atoms with Gasteiger partial charge in [0.15, 0.2) is 17.5 Å². The van der Waals surface area contributed by atoms with Crippen LogP contribution in [0.4, 0.5) is 13.2 Å². The third-order valence-corrected chi connectivity index (χ3v) is 5.33. The fraction of sp³-hybridized carbons (Fsp3) is 0.167. The summed E-state index contributed by atoms with van der Waals surface area (Å²) >= 11 is 1.35. The minimum Gasteiger partial charge on any atom is -0.458 e. The van der Waals surface area contributed by atoms with E-state index in [4.69, 9.17) is 4.42 Å².